The van der Waals surface area contributed by atoms with Crippen LogP contribution in [0.25, 0.3) is 0 Å². The summed E-state index contributed by atoms with van der Waals surface area (Å²) in [6, 6.07) is 0. The van der Waals surface area contributed by atoms with Crippen LogP contribution in [-0.4, -0.2) is 26.1 Å². The van der Waals surface area contributed by atoms with Crippen LogP contribution in [0.5, 0.6) is 0 Å². The molecule has 0 aliphatic heterocycles. The van der Waals surface area contributed by atoms with E-state index in [4.69, 9.17) is 5.84 Å². The molecule has 0 radical (unpaired) electrons. The van der Waals surface area contributed by atoms with Crippen molar-refractivity contribution in [3.8, 4) is 0 Å². The van der Waals surface area contributed by atoms with E-state index in [0.717, 1.165) is 11.3 Å². The lowest BCUT2D eigenvalue weighted by Crippen LogP contribution is -2.24. The average molecular weight is 247 g/mol. The third-order valence-corrected chi connectivity index (χ3v) is 2.41. The highest BCUT2D eigenvalue weighted by Crippen LogP contribution is 2.03. The quantitative estimate of drug-likeness (QED) is 0.435. The van der Waals surface area contributed by atoms with Crippen molar-refractivity contribution >= 4 is 11.7 Å². The first-order valence-corrected chi connectivity index (χ1v) is 5.26. The Morgan fingerprint density at radius 1 is 1.39 bits per heavy atom. The van der Waals surface area contributed by atoms with Crippen LogP contribution in [0.1, 0.15) is 21.7 Å². The van der Waals surface area contributed by atoms with Gasteiger partial charge < -0.3 is 10.7 Å². The smallest absolute Gasteiger partial charge is 0.271 e. The van der Waals surface area contributed by atoms with Gasteiger partial charge in [-0.2, -0.15) is 5.10 Å². The molecule has 8 heteroatoms. The second kappa shape index (κ2) is 5.23. The molecule has 0 unspecified atom stereocenters. The summed E-state index contributed by atoms with van der Waals surface area (Å²) in [6.07, 6.45) is 4.41. The minimum absolute atomic E-state index is 0.232. The molecule has 0 bridgehead atoms. The first-order valence-electron chi connectivity index (χ1n) is 5.26. The number of hydrazine groups is 1. The molecule has 0 fully saturated rings. The van der Waals surface area contributed by atoms with E-state index in [-0.39, 0.29) is 11.6 Å². The van der Waals surface area contributed by atoms with E-state index in [2.05, 4.69) is 30.9 Å². The van der Waals surface area contributed by atoms with E-state index in [1.807, 2.05) is 6.92 Å². The minimum atomic E-state index is -0.299. The van der Waals surface area contributed by atoms with Crippen molar-refractivity contribution in [2.75, 3.05) is 5.43 Å². The van der Waals surface area contributed by atoms with Crippen LogP contribution >= 0.6 is 0 Å². The summed E-state index contributed by atoms with van der Waals surface area (Å²) in [5, 5.41) is 9.39. The SMILES string of the molecule is Cc1[nH]ncc1CNC(=O)c1cnc(NN)cn1. The molecule has 2 aromatic rings. The second-order valence-electron chi connectivity index (χ2n) is 3.63. The van der Waals surface area contributed by atoms with E-state index < -0.39 is 0 Å². The minimum Gasteiger partial charge on any atom is -0.346 e. The summed E-state index contributed by atoms with van der Waals surface area (Å²) in [6.45, 7) is 2.27. The fourth-order valence-electron chi connectivity index (χ4n) is 1.34. The summed E-state index contributed by atoms with van der Waals surface area (Å²) in [5.74, 6) is 5.25. The van der Waals surface area contributed by atoms with Crippen molar-refractivity contribution < 1.29 is 4.79 Å². The Kier molecular flexibility index (Phi) is 3.49. The first-order chi connectivity index (χ1) is 8.70. The van der Waals surface area contributed by atoms with Gasteiger partial charge in [-0.1, -0.05) is 0 Å². The molecule has 18 heavy (non-hydrogen) atoms. The van der Waals surface area contributed by atoms with Gasteiger partial charge in [-0.3, -0.25) is 9.89 Å². The molecule has 0 saturated carbocycles. The molecule has 0 atom stereocenters. The number of amides is 1. The molecule has 2 heterocycles. The number of rotatable bonds is 4. The van der Waals surface area contributed by atoms with Crippen LogP contribution < -0.4 is 16.6 Å². The number of carbonyl (C=O) groups is 1. The highest BCUT2D eigenvalue weighted by Gasteiger charge is 2.08. The highest BCUT2D eigenvalue weighted by atomic mass is 16.1. The number of nitrogens with zero attached hydrogens (tertiary/aromatic N) is 3. The second-order valence-corrected chi connectivity index (χ2v) is 3.63. The lowest BCUT2D eigenvalue weighted by atomic mass is 10.2. The number of hydrogen-bond acceptors (Lipinski definition) is 6. The summed E-state index contributed by atoms with van der Waals surface area (Å²) >= 11 is 0. The number of aromatic nitrogens is 4. The van der Waals surface area contributed by atoms with E-state index in [1.165, 1.54) is 12.4 Å². The van der Waals surface area contributed by atoms with Crippen molar-refractivity contribution in [3.63, 3.8) is 0 Å². The molecular weight excluding hydrogens is 234 g/mol. The number of H-pyrrole nitrogens is 1. The topological polar surface area (TPSA) is 122 Å². The van der Waals surface area contributed by atoms with Crippen molar-refractivity contribution in [1.29, 1.82) is 0 Å². The number of aromatic amines is 1. The number of nitrogens with two attached hydrogens (primary N) is 1. The number of nitrogens with one attached hydrogen (secondary N) is 3. The lowest BCUT2D eigenvalue weighted by Gasteiger charge is -2.04. The maximum atomic E-state index is 11.8. The van der Waals surface area contributed by atoms with Crippen LogP contribution in [0.2, 0.25) is 0 Å². The molecule has 2 aromatic heterocycles. The normalized spacial score (nSPS) is 10.1. The monoisotopic (exact) mass is 247 g/mol. The average Bonchev–Trinajstić information content (AvgIpc) is 2.81. The fraction of sp³-hybridized carbons (Fsp3) is 0.200. The lowest BCUT2D eigenvalue weighted by molar-refractivity contribution is 0.0945. The maximum Gasteiger partial charge on any atom is 0.271 e. The maximum absolute atomic E-state index is 11.8. The summed E-state index contributed by atoms with van der Waals surface area (Å²) in [7, 11) is 0. The van der Waals surface area contributed by atoms with Crippen molar-refractivity contribution in [2.45, 2.75) is 13.5 Å². The third kappa shape index (κ3) is 2.61. The molecule has 1 amide bonds. The first kappa shape index (κ1) is 12.0. The summed E-state index contributed by atoms with van der Waals surface area (Å²) in [4.78, 5) is 19.6. The van der Waals surface area contributed by atoms with Gasteiger partial charge >= 0.3 is 0 Å². The molecule has 0 aromatic carbocycles. The van der Waals surface area contributed by atoms with Gasteiger partial charge in [0.2, 0.25) is 0 Å². The van der Waals surface area contributed by atoms with Gasteiger partial charge in [-0.25, -0.2) is 15.8 Å². The van der Waals surface area contributed by atoms with Gasteiger partial charge in [0.05, 0.1) is 18.6 Å². The van der Waals surface area contributed by atoms with Gasteiger partial charge in [0, 0.05) is 17.8 Å². The van der Waals surface area contributed by atoms with Crippen LogP contribution in [-0.2, 0) is 6.54 Å². The zero-order valence-electron chi connectivity index (χ0n) is 9.77. The zero-order chi connectivity index (χ0) is 13.0. The van der Waals surface area contributed by atoms with Gasteiger partial charge in [0.1, 0.15) is 5.69 Å². The molecule has 0 saturated heterocycles. The van der Waals surface area contributed by atoms with E-state index in [9.17, 15) is 4.79 Å². The van der Waals surface area contributed by atoms with Crippen LogP contribution in [0, 0.1) is 6.92 Å². The molecular formula is C10H13N7O. The molecule has 5 N–H and O–H groups in total. The predicted molar refractivity (Wildman–Crippen MR) is 64.3 cm³/mol. The van der Waals surface area contributed by atoms with E-state index in [0.29, 0.717) is 12.4 Å². The van der Waals surface area contributed by atoms with Crippen molar-refractivity contribution in [2.24, 2.45) is 5.84 Å². The largest absolute Gasteiger partial charge is 0.346 e. The number of hydrogen-bond donors (Lipinski definition) is 4. The Bertz CT molecular complexity index is 533. The van der Waals surface area contributed by atoms with E-state index in [1.54, 1.807) is 6.20 Å². The Hall–Kier alpha value is -2.48. The van der Waals surface area contributed by atoms with Gasteiger partial charge in [0.15, 0.2) is 5.82 Å². The van der Waals surface area contributed by atoms with Crippen molar-refractivity contribution in [1.82, 2.24) is 25.5 Å². The Morgan fingerprint density at radius 3 is 2.78 bits per heavy atom. The molecule has 0 spiro atoms. The number of anilines is 1. The van der Waals surface area contributed by atoms with Crippen LogP contribution in [0.4, 0.5) is 5.82 Å². The predicted octanol–water partition coefficient (Wildman–Crippen LogP) is -0.276. The van der Waals surface area contributed by atoms with Gasteiger partial charge in [0.25, 0.3) is 5.91 Å². The van der Waals surface area contributed by atoms with Crippen molar-refractivity contribution in [3.05, 3.63) is 35.5 Å². The zero-order valence-corrected chi connectivity index (χ0v) is 9.77. The van der Waals surface area contributed by atoms with Crippen LogP contribution in [0.15, 0.2) is 18.6 Å². The third-order valence-electron chi connectivity index (χ3n) is 2.41. The van der Waals surface area contributed by atoms with Gasteiger partial charge in [-0.05, 0) is 6.92 Å². The summed E-state index contributed by atoms with van der Waals surface area (Å²) < 4.78 is 0. The molecule has 94 valence electrons. The van der Waals surface area contributed by atoms with Crippen LogP contribution in [0.3, 0.4) is 0 Å². The fourth-order valence-corrected chi connectivity index (χ4v) is 1.34. The molecule has 0 aliphatic rings. The molecule has 2 rings (SSSR count). The highest BCUT2D eigenvalue weighted by molar-refractivity contribution is 5.91. The van der Waals surface area contributed by atoms with Gasteiger partial charge in [-0.15, -0.1) is 0 Å². The Morgan fingerprint density at radius 2 is 2.22 bits per heavy atom. The summed E-state index contributed by atoms with van der Waals surface area (Å²) in [5.41, 5.74) is 4.42. The molecule has 8 nitrogen and oxygen atoms in total. The number of aryl methyl sites for hydroxylation is 1. The van der Waals surface area contributed by atoms with E-state index >= 15 is 0 Å². The Balaban J connectivity index is 1.97. The number of carbonyl (C=O) groups excluding carboxylic acids is 1. The Labute approximate surface area is 103 Å². The standard InChI is InChI=1S/C10H13N7O/c1-6-7(3-15-17-6)2-14-10(18)8-4-13-9(16-11)5-12-8/h3-5H,2,11H2,1H3,(H,13,16)(H,14,18)(H,15,17). The molecule has 0 aliphatic carbocycles. The number of nitrogen functional groups attached to an aromatic ring is 1.